The summed E-state index contributed by atoms with van der Waals surface area (Å²) >= 11 is 0. The van der Waals surface area contributed by atoms with Crippen molar-refractivity contribution in [3.8, 4) is 0 Å². The van der Waals surface area contributed by atoms with Crippen LogP contribution in [0.2, 0.25) is 0 Å². The van der Waals surface area contributed by atoms with Crippen LogP contribution in [0.5, 0.6) is 0 Å². The number of anilines is 1. The Labute approximate surface area is 197 Å². The maximum atomic E-state index is 12.4. The summed E-state index contributed by atoms with van der Waals surface area (Å²) < 4.78 is 5.10. The van der Waals surface area contributed by atoms with Gasteiger partial charge in [-0.25, -0.2) is 0 Å². The summed E-state index contributed by atoms with van der Waals surface area (Å²) in [5.74, 6) is -0.936. The van der Waals surface area contributed by atoms with E-state index < -0.39 is 10.9 Å². The van der Waals surface area contributed by atoms with Gasteiger partial charge in [-0.15, -0.1) is 0 Å². The number of rotatable bonds is 8. The van der Waals surface area contributed by atoms with Gasteiger partial charge in [-0.2, -0.15) is 0 Å². The van der Waals surface area contributed by atoms with Gasteiger partial charge in [-0.05, 0) is 48.6 Å². The fourth-order valence-electron chi connectivity index (χ4n) is 4.41. The lowest BCUT2D eigenvalue weighted by atomic mass is 10.0. The zero-order chi connectivity index (χ0) is 24.1. The SMILES string of the molecule is O=C(CCC(=O)c1ccc2c(c1)CCC2)OCC(=O)N1CCN(c2ccc([N+](=O)[O-])cc2)CC1. The first-order valence-corrected chi connectivity index (χ1v) is 11.5. The number of nitrogens with zero attached hydrogens (tertiary/aromatic N) is 3. The van der Waals surface area contributed by atoms with E-state index in [1.165, 1.54) is 23.3 Å². The van der Waals surface area contributed by atoms with Crippen molar-refractivity contribution < 1.29 is 24.0 Å². The van der Waals surface area contributed by atoms with Crippen LogP contribution < -0.4 is 4.90 Å². The highest BCUT2D eigenvalue weighted by Crippen LogP contribution is 2.24. The third-order valence-corrected chi connectivity index (χ3v) is 6.39. The highest BCUT2D eigenvalue weighted by Gasteiger charge is 2.23. The average Bonchev–Trinajstić information content (AvgIpc) is 3.34. The summed E-state index contributed by atoms with van der Waals surface area (Å²) in [6, 6.07) is 12.0. The number of nitro benzene ring substituents is 1. The Bertz CT molecular complexity index is 1090. The molecule has 2 aromatic rings. The van der Waals surface area contributed by atoms with Gasteiger partial charge in [0.2, 0.25) is 0 Å². The van der Waals surface area contributed by atoms with Crippen LogP contribution in [0.4, 0.5) is 11.4 Å². The maximum Gasteiger partial charge on any atom is 0.306 e. The van der Waals surface area contributed by atoms with Gasteiger partial charge in [0.15, 0.2) is 12.4 Å². The summed E-state index contributed by atoms with van der Waals surface area (Å²) in [6.07, 6.45) is 3.15. The first kappa shape index (κ1) is 23.4. The summed E-state index contributed by atoms with van der Waals surface area (Å²) in [7, 11) is 0. The van der Waals surface area contributed by atoms with Crippen LogP contribution >= 0.6 is 0 Å². The number of nitro groups is 1. The molecule has 1 heterocycles. The Kier molecular flexibility index (Phi) is 7.20. The molecule has 9 nitrogen and oxygen atoms in total. The molecule has 178 valence electrons. The van der Waals surface area contributed by atoms with Gasteiger partial charge >= 0.3 is 5.97 Å². The van der Waals surface area contributed by atoms with E-state index in [0.717, 1.165) is 24.9 Å². The van der Waals surface area contributed by atoms with E-state index in [1.807, 2.05) is 23.1 Å². The zero-order valence-corrected chi connectivity index (χ0v) is 18.9. The van der Waals surface area contributed by atoms with Gasteiger partial charge in [0, 0.05) is 56.0 Å². The normalized spacial score (nSPS) is 15.1. The monoisotopic (exact) mass is 465 g/mol. The van der Waals surface area contributed by atoms with Gasteiger partial charge in [0.1, 0.15) is 0 Å². The van der Waals surface area contributed by atoms with Crippen molar-refractivity contribution >= 4 is 29.0 Å². The largest absolute Gasteiger partial charge is 0.456 e. The van der Waals surface area contributed by atoms with Crippen LogP contribution in [-0.4, -0.2) is 60.3 Å². The molecule has 1 fully saturated rings. The van der Waals surface area contributed by atoms with Crippen molar-refractivity contribution in [3.63, 3.8) is 0 Å². The van der Waals surface area contributed by atoms with Crippen LogP contribution in [-0.2, 0) is 27.2 Å². The fraction of sp³-hybridized carbons (Fsp3) is 0.400. The van der Waals surface area contributed by atoms with Crippen molar-refractivity contribution in [2.24, 2.45) is 0 Å². The summed E-state index contributed by atoms with van der Waals surface area (Å²) in [5.41, 5.74) is 4.02. The Morgan fingerprint density at radius 2 is 1.62 bits per heavy atom. The first-order chi connectivity index (χ1) is 16.4. The van der Waals surface area contributed by atoms with Crippen LogP contribution in [0, 0.1) is 10.1 Å². The molecule has 4 rings (SSSR count). The van der Waals surface area contributed by atoms with Crippen molar-refractivity contribution in [3.05, 3.63) is 69.3 Å². The fourth-order valence-corrected chi connectivity index (χ4v) is 4.41. The molecular formula is C25H27N3O6. The summed E-state index contributed by atoms with van der Waals surface area (Å²) in [6.45, 7) is 1.73. The minimum absolute atomic E-state index is 0.0355. The minimum Gasteiger partial charge on any atom is -0.456 e. The molecule has 0 atom stereocenters. The number of carbonyl (C=O) groups is 3. The number of Topliss-reactive ketones (excluding diaryl/α,β-unsaturated/α-hetero) is 1. The van der Waals surface area contributed by atoms with Gasteiger partial charge in [-0.3, -0.25) is 24.5 Å². The van der Waals surface area contributed by atoms with Gasteiger partial charge in [0.05, 0.1) is 11.3 Å². The summed E-state index contributed by atoms with van der Waals surface area (Å²) in [5, 5.41) is 10.8. The zero-order valence-electron chi connectivity index (χ0n) is 18.9. The second-order valence-electron chi connectivity index (χ2n) is 8.56. The molecule has 34 heavy (non-hydrogen) atoms. The molecule has 1 amide bonds. The molecule has 0 aromatic heterocycles. The van der Waals surface area contributed by atoms with Crippen molar-refractivity contribution in [2.75, 3.05) is 37.7 Å². The van der Waals surface area contributed by atoms with E-state index in [0.29, 0.717) is 31.7 Å². The lowest BCUT2D eigenvalue weighted by Gasteiger charge is -2.36. The quantitative estimate of drug-likeness (QED) is 0.255. The number of ether oxygens (including phenoxy) is 1. The van der Waals surface area contributed by atoms with E-state index in [-0.39, 0.29) is 36.8 Å². The number of ketones is 1. The number of hydrogen-bond acceptors (Lipinski definition) is 7. The third kappa shape index (κ3) is 5.59. The van der Waals surface area contributed by atoms with Crippen molar-refractivity contribution in [1.82, 2.24) is 4.90 Å². The number of hydrogen-bond donors (Lipinski definition) is 0. The molecule has 0 unspecified atom stereocenters. The molecule has 0 N–H and O–H groups in total. The van der Waals surface area contributed by atoms with E-state index in [9.17, 15) is 24.5 Å². The molecule has 1 aliphatic heterocycles. The number of piperazine rings is 1. The molecule has 1 saturated heterocycles. The van der Waals surface area contributed by atoms with Crippen LogP contribution in [0.15, 0.2) is 42.5 Å². The number of esters is 1. The van der Waals surface area contributed by atoms with Crippen LogP contribution in [0.1, 0.15) is 40.7 Å². The molecule has 9 heteroatoms. The molecular weight excluding hydrogens is 438 g/mol. The van der Waals surface area contributed by atoms with E-state index in [2.05, 4.69) is 0 Å². The highest BCUT2D eigenvalue weighted by molar-refractivity contribution is 5.98. The standard InChI is InChI=1S/C25H27N3O6/c29-23(20-5-4-18-2-1-3-19(18)16-20)10-11-25(31)34-17-24(30)27-14-12-26(13-15-27)21-6-8-22(9-7-21)28(32)33/h4-9,16H,1-3,10-15,17H2. The Morgan fingerprint density at radius 1 is 0.912 bits per heavy atom. The second-order valence-corrected chi connectivity index (χ2v) is 8.56. The van der Waals surface area contributed by atoms with Crippen LogP contribution in [0.3, 0.4) is 0 Å². The number of carbonyl (C=O) groups excluding carboxylic acids is 3. The number of fused-ring (bicyclic) bond motifs is 1. The Balaban J connectivity index is 1.17. The van der Waals surface area contributed by atoms with Gasteiger partial charge in [-0.1, -0.05) is 12.1 Å². The molecule has 1 aliphatic carbocycles. The van der Waals surface area contributed by atoms with Gasteiger partial charge < -0.3 is 14.5 Å². The number of non-ortho nitro benzene ring substituents is 1. The molecule has 0 saturated carbocycles. The van der Waals surface area contributed by atoms with E-state index in [4.69, 9.17) is 4.74 Å². The molecule has 2 aliphatic rings. The highest BCUT2D eigenvalue weighted by atomic mass is 16.6. The number of amides is 1. The lowest BCUT2D eigenvalue weighted by molar-refractivity contribution is -0.384. The van der Waals surface area contributed by atoms with Crippen molar-refractivity contribution in [2.45, 2.75) is 32.1 Å². The molecule has 0 spiro atoms. The topological polar surface area (TPSA) is 110 Å². The Hall–Kier alpha value is -3.75. The predicted octanol–water partition coefficient (Wildman–Crippen LogP) is 2.94. The molecule has 2 aromatic carbocycles. The summed E-state index contributed by atoms with van der Waals surface area (Å²) in [4.78, 5) is 50.9. The van der Waals surface area contributed by atoms with E-state index in [1.54, 1.807) is 17.0 Å². The number of aryl methyl sites for hydroxylation is 2. The van der Waals surface area contributed by atoms with Crippen LogP contribution in [0.25, 0.3) is 0 Å². The average molecular weight is 466 g/mol. The maximum absolute atomic E-state index is 12.4. The first-order valence-electron chi connectivity index (χ1n) is 11.5. The third-order valence-electron chi connectivity index (χ3n) is 6.39. The Morgan fingerprint density at radius 3 is 2.32 bits per heavy atom. The van der Waals surface area contributed by atoms with E-state index >= 15 is 0 Å². The molecule has 0 radical (unpaired) electrons. The minimum atomic E-state index is -0.563. The smallest absolute Gasteiger partial charge is 0.306 e. The number of benzene rings is 2. The molecule has 0 bridgehead atoms. The van der Waals surface area contributed by atoms with Crippen molar-refractivity contribution in [1.29, 1.82) is 0 Å². The lowest BCUT2D eigenvalue weighted by Crippen LogP contribution is -2.49. The second kappa shape index (κ2) is 10.5. The predicted molar refractivity (Wildman–Crippen MR) is 125 cm³/mol. The van der Waals surface area contributed by atoms with Gasteiger partial charge in [0.25, 0.3) is 11.6 Å².